The number of amides is 1. The molecular formula is C20H18N2O5S2. The first-order valence-electron chi connectivity index (χ1n) is 8.82. The Morgan fingerprint density at radius 3 is 2.52 bits per heavy atom. The Hall–Kier alpha value is -2.91. The molecule has 3 aromatic rings. The second-order valence-electron chi connectivity index (χ2n) is 6.20. The Morgan fingerprint density at radius 2 is 1.86 bits per heavy atom. The van der Waals surface area contributed by atoms with E-state index in [-0.39, 0.29) is 11.1 Å². The number of carboxylic acid groups (broad SMARTS) is 2. The molecule has 0 aliphatic rings. The van der Waals surface area contributed by atoms with Gasteiger partial charge in [-0.15, -0.1) is 11.3 Å². The van der Waals surface area contributed by atoms with Crippen LogP contribution in [0, 0.1) is 0 Å². The van der Waals surface area contributed by atoms with E-state index in [0.717, 1.165) is 11.1 Å². The zero-order valence-corrected chi connectivity index (χ0v) is 17.0. The molecule has 29 heavy (non-hydrogen) atoms. The number of nitrogens with one attached hydrogen (secondary N) is 1. The summed E-state index contributed by atoms with van der Waals surface area (Å²) in [6, 6.07) is 11.2. The van der Waals surface area contributed by atoms with Crippen LogP contribution in [0.5, 0.6) is 0 Å². The van der Waals surface area contributed by atoms with Crippen LogP contribution in [-0.4, -0.2) is 38.3 Å². The van der Waals surface area contributed by atoms with E-state index in [9.17, 15) is 24.6 Å². The van der Waals surface area contributed by atoms with Gasteiger partial charge in [-0.2, -0.15) is 0 Å². The van der Waals surface area contributed by atoms with Crippen molar-refractivity contribution < 1.29 is 24.6 Å². The van der Waals surface area contributed by atoms with E-state index in [1.807, 2.05) is 6.92 Å². The summed E-state index contributed by atoms with van der Waals surface area (Å²) < 4.78 is 1.46. The first kappa shape index (κ1) is 20.8. The van der Waals surface area contributed by atoms with Crippen LogP contribution in [-0.2, 0) is 4.79 Å². The third-order valence-corrected chi connectivity index (χ3v) is 6.46. The summed E-state index contributed by atoms with van der Waals surface area (Å²) >= 11 is 2.58. The highest BCUT2D eigenvalue weighted by atomic mass is 32.2. The summed E-state index contributed by atoms with van der Waals surface area (Å²) in [7, 11) is 0. The molecule has 9 heteroatoms. The maximum absolute atomic E-state index is 12.5. The van der Waals surface area contributed by atoms with Crippen molar-refractivity contribution in [2.75, 3.05) is 5.32 Å². The SMILES string of the molecule is CCCC(Sc1nc2ccc(NC(=O)c3ccccc3C(=O)O)cc2s1)C(=O)O. The van der Waals surface area contributed by atoms with Gasteiger partial charge < -0.3 is 15.5 Å². The van der Waals surface area contributed by atoms with Crippen molar-refractivity contribution in [3.63, 3.8) is 0 Å². The van der Waals surface area contributed by atoms with Crippen LogP contribution in [0.1, 0.15) is 40.5 Å². The number of aromatic carboxylic acids is 1. The second kappa shape index (κ2) is 9.06. The van der Waals surface area contributed by atoms with Crippen LogP contribution < -0.4 is 5.32 Å². The third kappa shape index (κ3) is 4.93. The molecule has 1 amide bonds. The molecule has 0 saturated carbocycles. The topological polar surface area (TPSA) is 117 Å². The molecule has 0 aliphatic heterocycles. The van der Waals surface area contributed by atoms with Crippen molar-refractivity contribution in [2.24, 2.45) is 0 Å². The molecule has 1 atom stereocenters. The Labute approximate surface area is 174 Å². The lowest BCUT2D eigenvalue weighted by Crippen LogP contribution is -2.16. The maximum Gasteiger partial charge on any atom is 0.336 e. The van der Waals surface area contributed by atoms with Crippen molar-refractivity contribution in [2.45, 2.75) is 29.4 Å². The summed E-state index contributed by atoms with van der Waals surface area (Å²) in [6.07, 6.45) is 1.32. The van der Waals surface area contributed by atoms with E-state index < -0.39 is 23.1 Å². The van der Waals surface area contributed by atoms with E-state index in [1.54, 1.807) is 30.3 Å². The number of carbonyl (C=O) groups is 3. The molecule has 1 aromatic heterocycles. The fraction of sp³-hybridized carbons (Fsp3) is 0.200. The lowest BCUT2D eigenvalue weighted by Gasteiger charge is -2.07. The van der Waals surface area contributed by atoms with Gasteiger partial charge in [-0.3, -0.25) is 9.59 Å². The molecule has 3 N–H and O–H groups in total. The number of carboxylic acids is 2. The molecule has 3 rings (SSSR count). The lowest BCUT2D eigenvalue weighted by molar-refractivity contribution is -0.136. The summed E-state index contributed by atoms with van der Waals surface area (Å²) in [6.45, 7) is 1.94. The number of rotatable bonds is 8. The van der Waals surface area contributed by atoms with Crippen LogP contribution in [0.4, 0.5) is 5.69 Å². The van der Waals surface area contributed by atoms with Gasteiger partial charge in [-0.1, -0.05) is 37.2 Å². The van der Waals surface area contributed by atoms with Crippen molar-refractivity contribution in [1.82, 2.24) is 4.98 Å². The fourth-order valence-electron chi connectivity index (χ4n) is 2.71. The van der Waals surface area contributed by atoms with E-state index in [4.69, 9.17) is 0 Å². The van der Waals surface area contributed by atoms with Crippen molar-refractivity contribution in [3.8, 4) is 0 Å². The van der Waals surface area contributed by atoms with Crippen LogP contribution in [0.3, 0.4) is 0 Å². The van der Waals surface area contributed by atoms with Gasteiger partial charge >= 0.3 is 11.9 Å². The largest absolute Gasteiger partial charge is 0.480 e. The Bertz CT molecular complexity index is 1080. The molecule has 0 bridgehead atoms. The molecule has 150 valence electrons. The van der Waals surface area contributed by atoms with E-state index in [1.165, 1.54) is 35.2 Å². The number of thiazole rings is 1. The standard InChI is InChI=1S/C20H18N2O5S2/c1-2-5-15(19(26)27)28-20-22-14-9-8-11(10-16(14)29-20)21-17(23)12-6-3-4-7-13(12)18(24)25/h3-4,6-10,15H,2,5H2,1H3,(H,21,23)(H,24,25)(H,26,27). The van der Waals surface area contributed by atoms with Gasteiger partial charge in [0.2, 0.25) is 0 Å². The molecule has 0 saturated heterocycles. The van der Waals surface area contributed by atoms with Crippen LogP contribution in [0.15, 0.2) is 46.8 Å². The number of anilines is 1. The van der Waals surface area contributed by atoms with Crippen LogP contribution >= 0.6 is 23.1 Å². The average Bonchev–Trinajstić information content (AvgIpc) is 3.09. The molecule has 0 radical (unpaired) electrons. The minimum atomic E-state index is -1.17. The van der Waals surface area contributed by atoms with Crippen molar-refractivity contribution in [3.05, 3.63) is 53.6 Å². The van der Waals surface area contributed by atoms with E-state index in [2.05, 4.69) is 10.3 Å². The molecule has 0 fully saturated rings. The predicted molar refractivity (Wildman–Crippen MR) is 113 cm³/mol. The highest BCUT2D eigenvalue weighted by Crippen LogP contribution is 2.34. The highest BCUT2D eigenvalue weighted by molar-refractivity contribution is 8.02. The number of aliphatic carboxylic acids is 1. The first-order chi connectivity index (χ1) is 13.9. The molecule has 1 heterocycles. The third-order valence-electron chi connectivity index (χ3n) is 4.10. The summed E-state index contributed by atoms with van der Waals surface area (Å²) in [4.78, 5) is 39.6. The Morgan fingerprint density at radius 1 is 1.14 bits per heavy atom. The number of thioether (sulfide) groups is 1. The Kier molecular flexibility index (Phi) is 6.50. The highest BCUT2D eigenvalue weighted by Gasteiger charge is 2.20. The van der Waals surface area contributed by atoms with Gasteiger partial charge in [-0.25, -0.2) is 9.78 Å². The lowest BCUT2D eigenvalue weighted by atomic mass is 10.1. The molecule has 0 aliphatic carbocycles. The molecule has 0 spiro atoms. The first-order valence-corrected chi connectivity index (χ1v) is 10.5. The monoisotopic (exact) mass is 430 g/mol. The van der Waals surface area contributed by atoms with Gasteiger partial charge in [0.15, 0.2) is 4.34 Å². The fourth-order valence-corrected chi connectivity index (χ4v) is 5.11. The number of benzene rings is 2. The van der Waals surface area contributed by atoms with Crippen LogP contribution in [0.2, 0.25) is 0 Å². The summed E-state index contributed by atoms with van der Waals surface area (Å²) in [5.41, 5.74) is 1.22. The van der Waals surface area contributed by atoms with Gasteiger partial charge in [-0.05, 0) is 36.8 Å². The number of fused-ring (bicyclic) bond motifs is 1. The van der Waals surface area contributed by atoms with Crippen molar-refractivity contribution in [1.29, 1.82) is 0 Å². The normalized spacial score (nSPS) is 11.9. The maximum atomic E-state index is 12.5. The number of hydrogen-bond acceptors (Lipinski definition) is 6. The predicted octanol–water partition coefficient (Wildman–Crippen LogP) is 4.59. The number of aromatic nitrogens is 1. The van der Waals surface area contributed by atoms with Gasteiger partial charge in [0.05, 0.1) is 21.3 Å². The van der Waals surface area contributed by atoms with E-state index in [0.29, 0.717) is 22.0 Å². The van der Waals surface area contributed by atoms with Crippen LogP contribution in [0.25, 0.3) is 10.2 Å². The molecule has 1 unspecified atom stereocenters. The van der Waals surface area contributed by atoms with Crippen molar-refractivity contribution >= 4 is 56.8 Å². The smallest absolute Gasteiger partial charge is 0.336 e. The van der Waals surface area contributed by atoms with Gasteiger partial charge in [0.25, 0.3) is 5.91 Å². The summed E-state index contributed by atoms with van der Waals surface area (Å²) in [5.74, 6) is -2.55. The zero-order valence-electron chi connectivity index (χ0n) is 15.4. The zero-order chi connectivity index (χ0) is 21.0. The number of carbonyl (C=O) groups excluding carboxylic acids is 1. The quantitative estimate of drug-likeness (QED) is 0.447. The minimum Gasteiger partial charge on any atom is -0.480 e. The molecular weight excluding hydrogens is 412 g/mol. The van der Waals surface area contributed by atoms with E-state index >= 15 is 0 Å². The van der Waals surface area contributed by atoms with Gasteiger partial charge in [0.1, 0.15) is 5.25 Å². The second-order valence-corrected chi connectivity index (χ2v) is 8.68. The van der Waals surface area contributed by atoms with Gasteiger partial charge in [0, 0.05) is 5.69 Å². The summed E-state index contributed by atoms with van der Waals surface area (Å²) in [5, 5.41) is 20.7. The molecule has 7 nitrogen and oxygen atoms in total. The Balaban J connectivity index is 1.81. The number of hydrogen-bond donors (Lipinski definition) is 3. The molecule has 2 aromatic carbocycles. The average molecular weight is 431 g/mol. The number of nitrogens with zero attached hydrogens (tertiary/aromatic N) is 1. The minimum absolute atomic E-state index is 0.0711.